The first-order valence-electron chi connectivity index (χ1n) is 14.3. The van der Waals surface area contributed by atoms with Crippen LogP contribution >= 0.6 is 0 Å². The van der Waals surface area contributed by atoms with Gasteiger partial charge in [0.1, 0.15) is 0 Å². The number of aromatic nitrogens is 2. The van der Waals surface area contributed by atoms with Crippen LogP contribution in [0.25, 0.3) is 76.5 Å². The van der Waals surface area contributed by atoms with Crippen LogP contribution in [0.15, 0.2) is 121 Å². The van der Waals surface area contributed by atoms with Crippen LogP contribution in [0, 0.1) is 0 Å². The van der Waals surface area contributed by atoms with E-state index in [1.165, 1.54) is 54.6 Å². The molecule has 1 aliphatic rings. The van der Waals surface area contributed by atoms with Gasteiger partial charge in [0.05, 0.1) is 16.7 Å². The Morgan fingerprint density at radius 1 is 0.488 bits per heavy atom. The molecule has 41 heavy (non-hydrogen) atoms. The molecule has 0 bridgehead atoms. The van der Waals surface area contributed by atoms with Gasteiger partial charge in [-0.1, -0.05) is 98.8 Å². The molecule has 2 nitrogen and oxygen atoms in total. The summed E-state index contributed by atoms with van der Waals surface area (Å²) in [5.41, 5.74) is 9.47. The van der Waals surface area contributed by atoms with E-state index in [4.69, 9.17) is 4.98 Å². The third-order valence-electron chi connectivity index (χ3n) is 9.27. The van der Waals surface area contributed by atoms with E-state index in [9.17, 15) is 0 Å². The van der Waals surface area contributed by atoms with E-state index in [1.54, 1.807) is 0 Å². The van der Waals surface area contributed by atoms with Crippen molar-refractivity contribution in [3.05, 3.63) is 133 Å². The molecule has 0 amide bonds. The molecule has 0 radical (unpaired) electrons. The minimum atomic E-state index is -0.0378. The van der Waals surface area contributed by atoms with E-state index in [0.717, 1.165) is 33.1 Å². The van der Waals surface area contributed by atoms with Crippen LogP contribution < -0.4 is 0 Å². The van der Waals surface area contributed by atoms with E-state index in [-0.39, 0.29) is 5.41 Å². The van der Waals surface area contributed by atoms with Gasteiger partial charge >= 0.3 is 0 Å². The smallest absolute Gasteiger partial charge is 0.0972 e. The summed E-state index contributed by atoms with van der Waals surface area (Å²) in [6.07, 6.45) is 1.85. The molecule has 1 aliphatic carbocycles. The zero-order valence-electron chi connectivity index (χ0n) is 22.9. The fraction of sp³-hybridized carbons (Fsp3) is 0.0769. The van der Waals surface area contributed by atoms with E-state index >= 15 is 0 Å². The summed E-state index contributed by atoms with van der Waals surface area (Å²) in [7, 11) is 0. The molecule has 0 fully saturated rings. The molecule has 0 spiro atoms. The summed E-state index contributed by atoms with van der Waals surface area (Å²) in [6.45, 7) is 4.71. The molecular formula is C39H26N2. The Hall–Kier alpha value is -5.08. The van der Waals surface area contributed by atoms with Crippen molar-refractivity contribution in [3.63, 3.8) is 0 Å². The lowest BCUT2D eigenvalue weighted by atomic mass is 9.81. The van der Waals surface area contributed by atoms with Gasteiger partial charge in [-0.2, -0.15) is 0 Å². The number of hydrogen-bond acceptors (Lipinski definition) is 2. The molecule has 2 heterocycles. The molecule has 0 N–H and O–H groups in total. The predicted octanol–water partition coefficient (Wildman–Crippen LogP) is 10.2. The molecule has 2 heteroatoms. The van der Waals surface area contributed by atoms with Crippen molar-refractivity contribution in [1.29, 1.82) is 0 Å². The van der Waals surface area contributed by atoms with Crippen molar-refractivity contribution in [2.45, 2.75) is 19.3 Å². The van der Waals surface area contributed by atoms with Gasteiger partial charge in [-0.3, -0.25) is 4.98 Å². The lowest BCUT2D eigenvalue weighted by Crippen LogP contribution is -2.14. The highest BCUT2D eigenvalue weighted by atomic mass is 14.7. The van der Waals surface area contributed by atoms with Gasteiger partial charge in [0.15, 0.2) is 0 Å². The van der Waals surface area contributed by atoms with E-state index in [2.05, 4.69) is 128 Å². The molecule has 6 aromatic carbocycles. The van der Waals surface area contributed by atoms with Crippen molar-refractivity contribution in [1.82, 2.24) is 9.97 Å². The molecular weight excluding hydrogens is 496 g/mol. The predicted molar refractivity (Wildman–Crippen MR) is 173 cm³/mol. The van der Waals surface area contributed by atoms with E-state index < -0.39 is 0 Å². The maximum Gasteiger partial charge on any atom is 0.0972 e. The van der Waals surface area contributed by atoms with Crippen molar-refractivity contribution in [3.8, 4) is 22.4 Å². The second-order valence-corrected chi connectivity index (χ2v) is 11.8. The first kappa shape index (κ1) is 22.7. The number of benzene rings is 6. The van der Waals surface area contributed by atoms with Crippen LogP contribution in [0.4, 0.5) is 0 Å². The van der Waals surface area contributed by atoms with Crippen LogP contribution in [0.5, 0.6) is 0 Å². The van der Waals surface area contributed by atoms with Crippen molar-refractivity contribution < 1.29 is 0 Å². The molecule has 0 aliphatic heterocycles. The van der Waals surface area contributed by atoms with Gasteiger partial charge in [0.25, 0.3) is 0 Å². The fourth-order valence-electron chi connectivity index (χ4n) is 7.19. The Morgan fingerprint density at radius 2 is 1.17 bits per heavy atom. The monoisotopic (exact) mass is 522 g/mol. The van der Waals surface area contributed by atoms with Crippen molar-refractivity contribution in [2.24, 2.45) is 0 Å². The van der Waals surface area contributed by atoms with Crippen LogP contribution in [-0.4, -0.2) is 9.97 Å². The second-order valence-electron chi connectivity index (χ2n) is 11.8. The van der Waals surface area contributed by atoms with Gasteiger partial charge in [0.2, 0.25) is 0 Å². The molecule has 0 unspecified atom stereocenters. The molecule has 8 aromatic rings. The highest BCUT2D eigenvalue weighted by Gasteiger charge is 2.35. The second kappa shape index (κ2) is 7.99. The SMILES string of the molecule is CC1(C)c2ccccc2-c2cc3c4ccccc4c4cc(-c5ccc6ccc7cccnc7c6n5)ccc4c3cc21. The van der Waals surface area contributed by atoms with Crippen molar-refractivity contribution >= 4 is 54.1 Å². The molecule has 9 rings (SSSR count). The largest absolute Gasteiger partial charge is 0.254 e. The Balaban J connectivity index is 1.33. The number of fused-ring (bicyclic) bond motifs is 12. The van der Waals surface area contributed by atoms with Gasteiger partial charge in [-0.05, 0) is 84.9 Å². The molecule has 0 saturated carbocycles. The molecule has 0 saturated heterocycles. The average Bonchev–Trinajstić information content (AvgIpc) is 3.25. The number of pyridine rings is 2. The Morgan fingerprint density at radius 3 is 2.02 bits per heavy atom. The van der Waals surface area contributed by atoms with Gasteiger partial charge in [-0.15, -0.1) is 0 Å². The summed E-state index contributed by atoms with van der Waals surface area (Å²) in [5.74, 6) is 0. The fourth-order valence-corrected chi connectivity index (χ4v) is 7.19. The average molecular weight is 523 g/mol. The first-order valence-corrected chi connectivity index (χ1v) is 14.3. The highest BCUT2D eigenvalue weighted by Crippen LogP contribution is 2.51. The minimum absolute atomic E-state index is 0.0378. The summed E-state index contributed by atoms with van der Waals surface area (Å²) in [5, 5.41) is 9.95. The van der Waals surface area contributed by atoms with Crippen LogP contribution in [0.2, 0.25) is 0 Å². The number of nitrogens with zero attached hydrogens (tertiary/aromatic N) is 2. The minimum Gasteiger partial charge on any atom is -0.254 e. The topological polar surface area (TPSA) is 25.8 Å². The molecule has 192 valence electrons. The number of hydrogen-bond donors (Lipinski definition) is 0. The quantitative estimate of drug-likeness (QED) is 0.200. The summed E-state index contributed by atoms with van der Waals surface area (Å²) in [6, 6.07) is 42.1. The zero-order chi connectivity index (χ0) is 27.3. The first-order chi connectivity index (χ1) is 20.1. The van der Waals surface area contributed by atoms with Crippen LogP contribution in [0.3, 0.4) is 0 Å². The standard InChI is InChI=1S/C39H26N2/c1-39(2)34-12-6-5-11-29(34)33-21-31-27-10-4-3-9-26(27)30-20-25(15-17-28(30)32(31)22-35(33)39)36-18-16-24-14-13-23-8-7-19-40-37(23)38(24)41-36/h3-22H,1-2H3. The van der Waals surface area contributed by atoms with Crippen LogP contribution in [-0.2, 0) is 5.41 Å². The third kappa shape index (κ3) is 3.08. The summed E-state index contributed by atoms with van der Waals surface area (Å²) in [4.78, 5) is 9.81. The molecule has 2 aromatic heterocycles. The van der Waals surface area contributed by atoms with Gasteiger partial charge in [0, 0.05) is 27.9 Å². The van der Waals surface area contributed by atoms with E-state index in [1.807, 2.05) is 12.3 Å². The van der Waals surface area contributed by atoms with E-state index in [0.29, 0.717) is 0 Å². The maximum absolute atomic E-state index is 5.15. The summed E-state index contributed by atoms with van der Waals surface area (Å²) >= 11 is 0. The zero-order valence-corrected chi connectivity index (χ0v) is 22.9. The lowest BCUT2D eigenvalue weighted by Gasteiger charge is -2.22. The summed E-state index contributed by atoms with van der Waals surface area (Å²) < 4.78 is 0. The lowest BCUT2D eigenvalue weighted by molar-refractivity contribution is 0.661. The Labute approximate surface area is 237 Å². The Bertz CT molecular complexity index is 2400. The molecule has 0 atom stereocenters. The van der Waals surface area contributed by atoms with Crippen LogP contribution in [0.1, 0.15) is 25.0 Å². The van der Waals surface area contributed by atoms with Crippen molar-refractivity contribution in [2.75, 3.05) is 0 Å². The highest BCUT2D eigenvalue weighted by molar-refractivity contribution is 6.26. The third-order valence-corrected chi connectivity index (χ3v) is 9.27. The van der Waals surface area contributed by atoms with Gasteiger partial charge < -0.3 is 0 Å². The normalized spacial score (nSPS) is 13.8. The number of rotatable bonds is 1. The maximum atomic E-state index is 5.15. The van der Waals surface area contributed by atoms with Gasteiger partial charge in [-0.25, -0.2) is 4.98 Å². The Kier molecular flexibility index (Phi) is 4.42.